The molecule has 0 radical (unpaired) electrons. The second kappa shape index (κ2) is 6.90. The van der Waals surface area contributed by atoms with Crippen LogP contribution in [0.5, 0.6) is 0 Å². The normalized spacial score (nSPS) is 16.1. The molecular weight excluding hydrogens is 376 g/mol. The van der Waals surface area contributed by atoms with Crippen molar-refractivity contribution >= 4 is 39.6 Å². The van der Waals surface area contributed by atoms with Gasteiger partial charge < -0.3 is 15.5 Å². The Kier molecular flexibility index (Phi) is 4.23. The molecule has 1 aliphatic heterocycles. The summed E-state index contributed by atoms with van der Waals surface area (Å²) in [7, 11) is 0. The van der Waals surface area contributed by atoms with Crippen molar-refractivity contribution < 1.29 is 9.59 Å². The van der Waals surface area contributed by atoms with Crippen LogP contribution in [0.25, 0.3) is 4.96 Å². The lowest BCUT2D eigenvalue weighted by Crippen LogP contribution is -2.41. The quantitative estimate of drug-likeness (QED) is 0.664. The number of hydrogen-bond acceptors (Lipinski definition) is 6. The summed E-state index contributed by atoms with van der Waals surface area (Å²) < 4.78 is 1.98. The summed E-state index contributed by atoms with van der Waals surface area (Å²) in [5, 5.41) is 7.94. The summed E-state index contributed by atoms with van der Waals surface area (Å²) in [4.78, 5) is 36.5. The summed E-state index contributed by atoms with van der Waals surface area (Å²) >= 11 is 1.58. The molecule has 1 aliphatic carbocycles. The molecule has 3 aromatic heterocycles. The first-order valence-electron chi connectivity index (χ1n) is 9.41. The van der Waals surface area contributed by atoms with Gasteiger partial charge in [-0.15, -0.1) is 11.3 Å². The second-order valence-corrected chi connectivity index (χ2v) is 8.10. The molecule has 2 amide bonds. The van der Waals surface area contributed by atoms with Gasteiger partial charge in [0.2, 0.25) is 5.91 Å². The Morgan fingerprint density at radius 2 is 2.29 bits per heavy atom. The van der Waals surface area contributed by atoms with E-state index in [1.807, 2.05) is 22.2 Å². The Bertz CT molecular complexity index is 1030. The van der Waals surface area contributed by atoms with E-state index in [-0.39, 0.29) is 18.4 Å². The maximum Gasteiger partial charge on any atom is 0.252 e. The Hall–Kier alpha value is -2.94. The average Bonchev–Trinajstić information content (AvgIpc) is 3.27. The number of rotatable bonds is 6. The lowest BCUT2D eigenvalue weighted by atomic mass is 10.1. The van der Waals surface area contributed by atoms with Crippen LogP contribution in [0, 0.1) is 5.92 Å². The van der Waals surface area contributed by atoms with Gasteiger partial charge in [-0.2, -0.15) is 0 Å². The number of pyridine rings is 1. The number of thiazole rings is 1. The van der Waals surface area contributed by atoms with Crippen LogP contribution in [-0.4, -0.2) is 45.8 Å². The molecule has 5 rings (SSSR count). The van der Waals surface area contributed by atoms with E-state index >= 15 is 0 Å². The van der Waals surface area contributed by atoms with Gasteiger partial charge in [0.15, 0.2) is 4.96 Å². The number of hydrogen-bond donors (Lipinski definition) is 2. The maximum absolute atomic E-state index is 12.6. The van der Waals surface area contributed by atoms with Gasteiger partial charge in [0.25, 0.3) is 5.91 Å². The van der Waals surface area contributed by atoms with Crippen LogP contribution < -0.4 is 15.5 Å². The third-order valence-electron chi connectivity index (χ3n) is 5.08. The fraction of sp³-hybridized carbons (Fsp3) is 0.368. The third kappa shape index (κ3) is 3.33. The summed E-state index contributed by atoms with van der Waals surface area (Å²) in [5.74, 6) is 1.06. The maximum atomic E-state index is 12.6. The lowest BCUT2D eigenvalue weighted by molar-refractivity contribution is -0.117. The number of fused-ring (bicyclic) bond motifs is 2. The van der Waals surface area contributed by atoms with E-state index in [4.69, 9.17) is 0 Å². The number of nitrogens with one attached hydrogen (secondary N) is 2. The second-order valence-electron chi connectivity index (χ2n) is 7.22. The van der Waals surface area contributed by atoms with E-state index in [1.165, 1.54) is 0 Å². The number of aromatic nitrogens is 3. The van der Waals surface area contributed by atoms with Crippen LogP contribution in [0.15, 0.2) is 30.0 Å². The Morgan fingerprint density at radius 3 is 3.11 bits per heavy atom. The van der Waals surface area contributed by atoms with Crippen molar-refractivity contribution in [2.24, 2.45) is 5.92 Å². The van der Waals surface area contributed by atoms with E-state index in [2.05, 4.69) is 20.6 Å². The predicted molar refractivity (Wildman–Crippen MR) is 107 cm³/mol. The lowest BCUT2D eigenvalue weighted by Gasteiger charge is -2.29. The first-order valence-corrected chi connectivity index (χ1v) is 10.3. The topological polar surface area (TPSA) is 91.6 Å². The molecule has 0 spiro atoms. The standard InChI is InChI=1S/C19H20N6O2S/c26-16-9-22-17-15(25(16)10-12-1-2-12)7-13(8-21-17)18(27)20-4-3-14-11-24-5-6-28-19(24)23-14/h5-8,11-12H,1-4,9-10H2,(H,20,27)(H,21,22). The van der Waals surface area contributed by atoms with Gasteiger partial charge in [-0.25, -0.2) is 9.97 Å². The molecule has 2 aliphatic rings. The van der Waals surface area contributed by atoms with Gasteiger partial charge >= 0.3 is 0 Å². The fourth-order valence-corrected chi connectivity index (χ4v) is 4.09. The summed E-state index contributed by atoms with van der Waals surface area (Å²) in [6.07, 6.45) is 8.48. The highest BCUT2D eigenvalue weighted by Gasteiger charge is 2.32. The molecule has 0 unspecified atom stereocenters. The highest BCUT2D eigenvalue weighted by molar-refractivity contribution is 7.15. The third-order valence-corrected chi connectivity index (χ3v) is 5.85. The number of anilines is 2. The SMILES string of the molecule is O=C(NCCc1cn2ccsc2n1)c1cnc2c(c1)N(CC1CC1)C(=O)CN2. The van der Waals surface area contributed by atoms with Crippen LogP contribution in [0.2, 0.25) is 0 Å². The molecule has 2 N–H and O–H groups in total. The van der Waals surface area contributed by atoms with E-state index in [9.17, 15) is 9.59 Å². The van der Waals surface area contributed by atoms with Gasteiger partial charge in [0.05, 0.1) is 23.5 Å². The molecule has 0 aromatic carbocycles. The molecule has 3 aromatic rings. The zero-order valence-corrected chi connectivity index (χ0v) is 16.0. The van der Waals surface area contributed by atoms with E-state index in [0.29, 0.717) is 42.5 Å². The molecule has 28 heavy (non-hydrogen) atoms. The minimum Gasteiger partial charge on any atom is -0.359 e. The molecular formula is C19H20N6O2S. The summed E-state index contributed by atoms with van der Waals surface area (Å²) in [5.41, 5.74) is 2.10. The van der Waals surface area contributed by atoms with E-state index in [1.54, 1.807) is 28.5 Å². The zero-order chi connectivity index (χ0) is 19.1. The number of nitrogens with zero attached hydrogens (tertiary/aromatic N) is 4. The van der Waals surface area contributed by atoms with Crippen molar-refractivity contribution in [3.8, 4) is 0 Å². The summed E-state index contributed by atoms with van der Waals surface area (Å²) in [6, 6.07) is 1.76. The molecule has 4 heterocycles. The van der Waals surface area contributed by atoms with Crippen LogP contribution in [0.1, 0.15) is 28.9 Å². The van der Waals surface area contributed by atoms with Crippen LogP contribution in [0.4, 0.5) is 11.5 Å². The Morgan fingerprint density at radius 1 is 1.39 bits per heavy atom. The molecule has 9 heteroatoms. The highest BCUT2D eigenvalue weighted by atomic mass is 32.1. The van der Waals surface area contributed by atoms with Crippen molar-refractivity contribution in [3.63, 3.8) is 0 Å². The van der Waals surface area contributed by atoms with Crippen molar-refractivity contribution in [3.05, 3.63) is 41.3 Å². The number of imidazole rings is 1. The molecule has 0 atom stereocenters. The Labute approximate surface area is 165 Å². The van der Waals surface area contributed by atoms with Crippen LogP contribution >= 0.6 is 11.3 Å². The highest BCUT2D eigenvalue weighted by Crippen LogP contribution is 2.35. The van der Waals surface area contributed by atoms with Crippen LogP contribution in [-0.2, 0) is 11.2 Å². The molecule has 1 saturated carbocycles. The predicted octanol–water partition coefficient (Wildman–Crippen LogP) is 1.93. The molecule has 0 saturated heterocycles. The van der Waals surface area contributed by atoms with Gasteiger partial charge in [0, 0.05) is 43.5 Å². The molecule has 0 bridgehead atoms. The fourth-order valence-electron chi connectivity index (χ4n) is 3.37. The number of carbonyl (C=O) groups excluding carboxylic acids is 2. The van der Waals surface area contributed by atoms with E-state index < -0.39 is 0 Å². The van der Waals surface area contributed by atoms with Crippen molar-refractivity contribution in [1.29, 1.82) is 0 Å². The minimum atomic E-state index is -0.194. The van der Waals surface area contributed by atoms with Gasteiger partial charge in [-0.1, -0.05) is 0 Å². The summed E-state index contributed by atoms with van der Waals surface area (Å²) in [6.45, 7) is 1.45. The molecule has 8 nitrogen and oxygen atoms in total. The van der Waals surface area contributed by atoms with Crippen molar-refractivity contribution in [2.75, 3.05) is 29.9 Å². The van der Waals surface area contributed by atoms with Gasteiger partial charge in [-0.05, 0) is 24.8 Å². The van der Waals surface area contributed by atoms with Crippen LogP contribution in [0.3, 0.4) is 0 Å². The monoisotopic (exact) mass is 396 g/mol. The Balaban J connectivity index is 1.26. The average molecular weight is 396 g/mol. The first-order chi connectivity index (χ1) is 13.7. The number of carbonyl (C=O) groups is 2. The zero-order valence-electron chi connectivity index (χ0n) is 15.2. The molecule has 1 fully saturated rings. The minimum absolute atomic E-state index is 0.0264. The van der Waals surface area contributed by atoms with Crippen molar-refractivity contribution in [1.82, 2.24) is 19.7 Å². The van der Waals surface area contributed by atoms with Gasteiger partial charge in [-0.3, -0.25) is 14.0 Å². The smallest absolute Gasteiger partial charge is 0.252 e. The first kappa shape index (κ1) is 17.2. The largest absolute Gasteiger partial charge is 0.359 e. The number of amides is 2. The van der Waals surface area contributed by atoms with E-state index in [0.717, 1.165) is 23.5 Å². The van der Waals surface area contributed by atoms with Crippen molar-refractivity contribution in [2.45, 2.75) is 19.3 Å². The molecule has 144 valence electrons. The van der Waals surface area contributed by atoms with Gasteiger partial charge in [0.1, 0.15) is 5.82 Å².